The molecule has 114 valence electrons. The van der Waals surface area contributed by atoms with Gasteiger partial charge in [-0.15, -0.1) is 0 Å². The Balaban J connectivity index is 2.06. The average Bonchev–Trinajstić information content (AvgIpc) is 2.85. The van der Waals surface area contributed by atoms with Crippen LogP contribution in [0.1, 0.15) is 24.5 Å². The van der Waals surface area contributed by atoms with Crippen LogP contribution in [0.3, 0.4) is 0 Å². The number of nitrogens with zero attached hydrogens (tertiary/aromatic N) is 2. The fraction of sp³-hybridized carbons (Fsp3) is 0.357. The fourth-order valence-electron chi connectivity index (χ4n) is 1.91. The quantitative estimate of drug-likeness (QED) is 0.875. The summed E-state index contributed by atoms with van der Waals surface area (Å²) < 4.78 is 40.1. The summed E-state index contributed by atoms with van der Waals surface area (Å²) in [5, 5.41) is 6.81. The number of anilines is 1. The van der Waals surface area contributed by atoms with Gasteiger partial charge >= 0.3 is 6.18 Å². The number of nitrogens with one attached hydrogen (secondary N) is 1. The van der Waals surface area contributed by atoms with E-state index in [0.717, 1.165) is 24.6 Å². The topological polar surface area (TPSA) is 29.9 Å². The third kappa shape index (κ3) is 4.14. The Bertz CT molecular complexity index is 608. The predicted octanol–water partition coefficient (Wildman–Crippen LogP) is 4.58. The maximum Gasteiger partial charge on any atom is 0.417 e. The molecule has 2 rings (SSSR count). The third-order valence-corrected chi connectivity index (χ3v) is 3.24. The first kappa shape index (κ1) is 15.7. The molecule has 1 heterocycles. The van der Waals surface area contributed by atoms with E-state index in [1.54, 1.807) is 10.9 Å². The molecule has 0 aliphatic rings. The molecule has 1 aromatic heterocycles. The van der Waals surface area contributed by atoms with Gasteiger partial charge in [-0.2, -0.15) is 18.3 Å². The smallest absolute Gasteiger partial charge is 0.381 e. The van der Waals surface area contributed by atoms with Crippen LogP contribution in [0.15, 0.2) is 30.6 Å². The summed E-state index contributed by atoms with van der Waals surface area (Å²) >= 11 is 5.58. The molecular formula is C14H15ClF3N3. The lowest BCUT2D eigenvalue weighted by Gasteiger charge is -2.12. The van der Waals surface area contributed by atoms with Gasteiger partial charge in [0.05, 0.1) is 16.8 Å². The number of halogens is 4. The summed E-state index contributed by atoms with van der Waals surface area (Å²) in [6.07, 6.45) is 0.0851. The summed E-state index contributed by atoms with van der Waals surface area (Å²) in [7, 11) is 0. The van der Waals surface area contributed by atoms with Crippen molar-refractivity contribution < 1.29 is 13.2 Å². The van der Waals surface area contributed by atoms with Crippen molar-refractivity contribution >= 4 is 17.3 Å². The summed E-state index contributed by atoms with van der Waals surface area (Å²) in [6.45, 7) is 3.27. The van der Waals surface area contributed by atoms with Crippen LogP contribution in [0.4, 0.5) is 18.9 Å². The molecule has 0 amide bonds. The average molecular weight is 318 g/mol. The number of hydrogen-bond donors (Lipinski definition) is 1. The van der Waals surface area contributed by atoms with Gasteiger partial charge in [0.15, 0.2) is 0 Å². The standard InChI is InChI=1S/C14H15ClF3N3/c1-2-5-21-9-10(8-20-21)7-19-11-3-4-13(15)12(6-11)14(16,17)18/h3-4,6,8-9,19H,2,5,7H2,1H3. The molecule has 21 heavy (non-hydrogen) atoms. The van der Waals surface area contributed by atoms with E-state index in [2.05, 4.69) is 10.4 Å². The van der Waals surface area contributed by atoms with Crippen LogP contribution >= 0.6 is 11.6 Å². The van der Waals surface area contributed by atoms with E-state index in [0.29, 0.717) is 12.2 Å². The van der Waals surface area contributed by atoms with Gasteiger partial charge in [-0.3, -0.25) is 4.68 Å². The lowest BCUT2D eigenvalue weighted by molar-refractivity contribution is -0.137. The molecule has 2 aromatic rings. The number of benzene rings is 1. The van der Waals surface area contributed by atoms with Crippen molar-refractivity contribution in [3.05, 3.63) is 46.7 Å². The molecule has 0 bridgehead atoms. The minimum absolute atomic E-state index is 0.302. The molecule has 1 aromatic carbocycles. The Labute approximate surface area is 125 Å². The van der Waals surface area contributed by atoms with Gasteiger partial charge in [-0.1, -0.05) is 18.5 Å². The van der Waals surface area contributed by atoms with Crippen LogP contribution in [-0.2, 0) is 19.3 Å². The zero-order chi connectivity index (χ0) is 15.5. The Morgan fingerprint density at radius 1 is 1.33 bits per heavy atom. The van der Waals surface area contributed by atoms with E-state index in [1.165, 1.54) is 12.1 Å². The highest BCUT2D eigenvalue weighted by Gasteiger charge is 2.33. The van der Waals surface area contributed by atoms with Crippen LogP contribution in [-0.4, -0.2) is 9.78 Å². The van der Waals surface area contributed by atoms with Crippen molar-refractivity contribution in [2.75, 3.05) is 5.32 Å². The van der Waals surface area contributed by atoms with Gasteiger partial charge in [0, 0.05) is 30.5 Å². The molecule has 0 atom stereocenters. The first-order valence-electron chi connectivity index (χ1n) is 6.52. The van der Waals surface area contributed by atoms with Crippen molar-refractivity contribution in [2.24, 2.45) is 0 Å². The molecule has 0 fully saturated rings. The second-order valence-electron chi connectivity index (χ2n) is 4.66. The number of alkyl halides is 3. The van der Waals surface area contributed by atoms with Crippen LogP contribution < -0.4 is 5.32 Å². The van der Waals surface area contributed by atoms with Crippen molar-refractivity contribution in [1.82, 2.24) is 9.78 Å². The Morgan fingerprint density at radius 3 is 2.76 bits per heavy atom. The van der Waals surface area contributed by atoms with E-state index in [1.807, 2.05) is 13.1 Å². The highest BCUT2D eigenvalue weighted by molar-refractivity contribution is 6.31. The van der Waals surface area contributed by atoms with Crippen LogP contribution in [0, 0.1) is 0 Å². The van der Waals surface area contributed by atoms with Gasteiger partial charge in [0.2, 0.25) is 0 Å². The van der Waals surface area contributed by atoms with Gasteiger partial charge in [-0.05, 0) is 24.6 Å². The molecule has 0 aliphatic heterocycles. The summed E-state index contributed by atoms with van der Waals surface area (Å²) in [5.41, 5.74) is 0.442. The molecule has 1 N–H and O–H groups in total. The van der Waals surface area contributed by atoms with Gasteiger partial charge < -0.3 is 5.32 Å². The van der Waals surface area contributed by atoms with Crippen molar-refractivity contribution in [2.45, 2.75) is 32.6 Å². The lowest BCUT2D eigenvalue weighted by atomic mass is 10.2. The number of hydrogen-bond acceptors (Lipinski definition) is 2. The van der Waals surface area contributed by atoms with Crippen molar-refractivity contribution in [3.63, 3.8) is 0 Å². The fourth-order valence-corrected chi connectivity index (χ4v) is 2.13. The van der Waals surface area contributed by atoms with Crippen molar-refractivity contribution in [3.8, 4) is 0 Å². The minimum Gasteiger partial charge on any atom is -0.381 e. The zero-order valence-electron chi connectivity index (χ0n) is 11.4. The second-order valence-corrected chi connectivity index (χ2v) is 5.06. The zero-order valence-corrected chi connectivity index (χ0v) is 12.2. The first-order valence-corrected chi connectivity index (χ1v) is 6.90. The Morgan fingerprint density at radius 2 is 2.10 bits per heavy atom. The molecule has 7 heteroatoms. The van der Waals surface area contributed by atoms with E-state index < -0.39 is 11.7 Å². The number of aromatic nitrogens is 2. The van der Waals surface area contributed by atoms with Crippen LogP contribution in [0.5, 0.6) is 0 Å². The molecule has 3 nitrogen and oxygen atoms in total. The van der Waals surface area contributed by atoms with Crippen LogP contribution in [0.25, 0.3) is 0 Å². The van der Waals surface area contributed by atoms with Crippen LogP contribution in [0.2, 0.25) is 5.02 Å². The molecule has 0 aliphatic carbocycles. The van der Waals surface area contributed by atoms with E-state index in [4.69, 9.17) is 11.6 Å². The second kappa shape index (κ2) is 6.39. The van der Waals surface area contributed by atoms with Crippen molar-refractivity contribution in [1.29, 1.82) is 0 Å². The normalized spacial score (nSPS) is 11.7. The maximum atomic E-state index is 12.8. The summed E-state index contributed by atoms with van der Waals surface area (Å²) in [4.78, 5) is 0. The highest BCUT2D eigenvalue weighted by atomic mass is 35.5. The SMILES string of the molecule is CCCn1cc(CNc2ccc(Cl)c(C(F)(F)F)c2)cn1. The van der Waals surface area contributed by atoms with E-state index in [9.17, 15) is 13.2 Å². The molecule has 0 radical (unpaired) electrons. The van der Waals surface area contributed by atoms with Gasteiger partial charge in [-0.25, -0.2) is 0 Å². The third-order valence-electron chi connectivity index (χ3n) is 2.91. The number of aryl methyl sites for hydroxylation is 1. The largest absolute Gasteiger partial charge is 0.417 e. The van der Waals surface area contributed by atoms with Gasteiger partial charge in [0.25, 0.3) is 0 Å². The minimum atomic E-state index is -4.46. The molecule has 0 spiro atoms. The summed E-state index contributed by atoms with van der Waals surface area (Å²) in [6, 6.07) is 3.78. The van der Waals surface area contributed by atoms with E-state index in [-0.39, 0.29) is 5.02 Å². The Kier molecular flexibility index (Phi) is 4.77. The predicted molar refractivity (Wildman–Crippen MR) is 76.3 cm³/mol. The monoisotopic (exact) mass is 317 g/mol. The molecule has 0 unspecified atom stereocenters. The van der Waals surface area contributed by atoms with Gasteiger partial charge in [0.1, 0.15) is 0 Å². The maximum absolute atomic E-state index is 12.8. The lowest BCUT2D eigenvalue weighted by Crippen LogP contribution is -2.07. The first-order chi connectivity index (χ1) is 9.90. The van der Waals surface area contributed by atoms with E-state index >= 15 is 0 Å². The molecule has 0 saturated carbocycles. The highest BCUT2D eigenvalue weighted by Crippen LogP contribution is 2.36. The molecular weight excluding hydrogens is 303 g/mol. The number of rotatable bonds is 5. The Hall–Kier alpha value is -1.69. The molecule has 0 saturated heterocycles. The summed E-state index contributed by atoms with van der Waals surface area (Å²) in [5.74, 6) is 0.